The minimum absolute atomic E-state index is 0.0455. The lowest BCUT2D eigenvalue weighted by Gasteiger charge is -2.13. The van der Waals surface area contributed by atoms with E-state index in [0.29, 0.717) is 22.8 Å². The van der Waals surface area contributed by atoms with Crippen molar-refractivity contribution in [2.75, 3.05) is 11.9 Å². The Morgan fingerprint density at radius 2 is 2.33 bits per heavy atom. The molecule has 0 spiro atoms. The van der Waals surface area contributed by atoms with Gasteiger partial charge in [-0.05, 0) is 32.0 Å². The third-order valence-electron chi connectivity index (χ3n) is 2.91. The number of furan rings is 1. The van der Waals surface area contributed by atoms with E-state index in [2.05, 4.69) is 15.6 Å². The van der Waals surface area contributed by atoms with Crippen LogP contribution in [-0.4, -0.2) is 23.5 Å². The smallest absolute Gasteiger partial charge is 0.253 e. The summed E-state index contributed by atoms with van der Waals surface area (Å²) >= 11 is 6.08. The van der Waals surface area contributed by atoms with Crippen LogP contribution in [0.4, 0.5) is 5.82 Å². The normalized spacial score (nSPS) is 12.0. The Bertz CT molecular complexity index is 599. The molecule has 6 heteroatoms. The van der Waals surface area contributed by atoms with Gasteiger partial charge in [0, 0.05) is 25.2 Å². The molecule has 1 amide bonds. The molecule has 2 aromatic heterocycles. The lowest BCUT2D eigenvalue weighted by molar-refractivity contribution is 0.0939. The van der Waals surface area contributed by atoms with Gasteiger partial charge in [0.15, 0.2) is 0 Å². The van der Waals surface area contributed by atoms with Crippen molar-refractivity contribution in [2.45, 2.75) is 26.3 Å². The van der Waals surface area contributed by atoms with E-state index in [1.54, 1.807) is 12.3 Å². The SMILES string of the molecule is CCNc1ncc(C(=O)NC(C)Cc2ccco2)cc1Cl. The van der Waals surface area contributed by atoms with E-state index in [9.17, 15) is 4.79 Å². The molecular weight excluding hydrogens is 290 g/mol. The van der Waals surface area contributed by atoms with Crippen LogP contribution in [0, 0.1) is 0 Å². The monoisotopic (exact) mass is 307 g/mol. The van der Waals surface area contributed by atoms with E-state index >= 15 is 0 Å². The van der Waals surface area contributed by atoms with E-state index in [1.165, 1.54) is 6.20 Å². The molecule has 0 aliphatic carbocycles. The molecule has 0 aliphatic rings. The summed E-state index contributed by atoms with van der Waals surface area (Å²) < 4.78 is 5.26. The first-order valence-corrected chi connectivity index (χ1v) is 7.20. The molecule has 0 bridgehead atoms. The topological polar surface area (TPSA) is 67.2 Å². The van der Waals surface area contributed by atoms with Gasteiger partial charge in [-0.25, -0.2) is 4.98 Å². The van der Waals surface area contributed by atoms with Gasteiger partial charge < -0.3 is 15.1 Å². The number of hydrogen-bond donors (Lipinski definition) is 2. The lowest BCUT2D eigenvalue weighted by Crippen LogP contribution is -2.34. The highest BCUT2D eigenvalue weighted by Crippen LogP contribution is 2.19. The molecule has 0 fully saturated rings. The number of amides is 1. The van der Waals surface area contributed by atoms with Crippen molar-refractivity contribution < 1.29 is 9.21 Å². The fraction of sp³-hybridized carbons (Fsp3) is 0.333. The maximum atomic E-state index is 12.1. The molecule has 2 N–H and O–H groups in total. The lowest BCUT2D eigenvalue weighted by atomic mass is 10.1. The summed E-state index contributed by atoms with van der Waals surface area (Å²) in [7, 11) is 0. The number of anilines is 1. The van der Waals surface area contributed by atoms with Crippen LogP contribution < -0.4 is 10.6 Å². The summed E-state index contributed by atoms with van der Waals surface area (Å²) in [6, 6.07) is 5.27. The molecule has 1 unspecified atom stereocenters. The van der Waals surface area contributed by atoms with Gasteiger partial charge in [0.05, 0.1) is 16.8 Å². The van der Waals surface area contributed by atoms with Crippen molar-refractivity contribution in [2.24, 2.45) is 0 Å². The predicted molar refractivity (Wildman–Crippen MR) is 82.8 cm³/mol. The van der Waals surface area contributed by atoms with Crippen molar-refractivity contribution in [3.05, 3.63) is 47.0 Å². The van der Waals surface area contributed by atoms with Crippen molar-refractivity contribution in [1.29, 1.82) is 0 Å². The zero-order valence-electron chi connectivity index (χ0n) is 12.0. The average molecular weight is 308 g/mol. The van der Waals surface area contributed by atoms with E-state index in [4.69, 9.17) is 16.0 Å². The highest BCUT2D eigenvalue weighted by atomic mass is 35.5. The maximum absolute atomic E-state index is 12.1. The van der Waals surface area contributed by atoms with Gasteiger partial charge >= 0.3 is 0 Å². The first kappa shape index (κ1) is 15.4. The van der Waals surface area contributed by atoms with Crippen LogP contribution >= 0.6 is 11.6 Å². The van der Waals surface area contributed by atoms with E-state index < -0.39 is 0 Å². The van der Waals surface area contributed by atoms with Crippen molar-refractivity contribution in [3.8, 4) is 0 Å². The Hall–Kier alpha value is -2.01. The summed E-state index contributed by atoms with van der Waals surface area (Å²) in [5.74, 6) is 1.22. The molecule has 0 saturated heterocycles. The van der Waals surface area contributed by atoms with E-state index in [1.807, 2.05) is 26.0 Å². The van der Waals surface area contributed by atoms with Gasteiger partial charge in [0.1, 0.15) is 11.6 Å². The number of nitrogens with zero attached hydrogens (tertiary/aromatic N) is 1. The summed E-state index contributed by atoms with van der Waals surface area (Å²) in [6.07, 6.45) is 3.77. The second kappa shape index (κ2) is 7.13. The second-order valence-corrected chi connectivity index (χ2v) is 5.15. The number of rotatable bonds is 6. The number of carbonyl (C=O) groups is 1. The van der Waals surface area contributed by atoms with Crippen LogP contribution in [0.25, 0.3) is 0 Å². The molecule has 112 valence electrons. The Balaban J connectivity index is 1.98. The van der Waals surface area contributed by atoms with Crippen LogP contribution in [0.15, 0.2) is 35.1 Å². The summed E-state index contributed by atoms with van der Waals surface area (Å²) in [4.78, 5) is 16.3. The Morgan fingerprint density at radius 1 is 1.52 bits per heavy atom. The number of nitrogens with one attached hydrogen (secondary N) is 2. The van der Waals surface area contributed by atoms with E-state index in [-0.39, 0.29) is 11.9 Å². The van der Waals surface area contributed by atoms with Gasteiger partial charge in [0.25, 0.3) is 5.91 Å². The molecule has 1 atom stereocenters. The fourth-order valence-electron chi connectivity index (χ4n) is 1.95. The molecule has 0 aliphatic heterocycles. The number of carbonyl (C=O) groups excluding carboxylic acids is 1. The highest BCUT2D eigenvalue weighted by Gasteiger charge is 2.13. The third-order valence-corrected chi connectivity index (χ3v) is 3.20. The largest absolute Gasteiger partial charge is 0.469 e. The summed E-state index contributed by atoms with van der Waals surface area (Å²) in [5.41, 5.74) is 0.438. The highest BCUT2D eigenvalue weighted by molar-refractivity contribution is 6.33. The van der Waals surface area contributed by atoms with Gasteiger partial charge in [-0.15, -0.1) is 0 Å². The zero-order valence-corrected chi connectivity index (χ0v) is 12.8. The number of halogens is 1. The third kappa shape index (κ3) is 4.23. The summed E-state index contributed by atoms with van der Waals surface area (Å²) in [5, 5.41) is 6.35. The van der Waals surface area contributed by atoms with Gasteiger partial charge in [-0.3, -0.25) is 4.79 Å². The molecule has 5 nitrogen and oxygen atoms in total. The van der Waals surface area contributed by atoms with Gasteiger partial charge in [-0.2, -0.15) is 0 Å². The molecule has 0 aromatic carbocycles. The Labute approximate surface area is 128 Å². The number of hydrogen-bond acceptors (Lipinski definition) is 4. The quantitative estimate of drug-likeness (QED) is 0.860. The molecule has 2 heterocycles. The van der Waals surface area contributed by atoms with Crippen LogP contribution in [-0.2, 0) is 6.42 Å². The second-order valence-electron chi connectivity index (χ2n) is 4.74. The fourth-order valence-corrected chi connectivity index (χ4v) is 2.18. The Morgan fingerprint density at radius 3 is 2.95 bits per heavy atom. The summed E-state index contributed by atoms with van der Waals surface area (Å²) in [6.45, 7) is 4.59. The van der Waals surface area contributed by atoms with E-state index in [0.717, 1.165) is 12.3 Å². The van der Waals surface area contributed by atoms with Crippen molar-refractivity contribution >= 4 is 23.3 Å². The standard InChI is InChI=1S/C15H18ClN3O2/c1-3-17-14-13(16)8-11(9-18-14)15(20)19-10(2)7-12-5-4-6-21-12/h4-6,8-10H,3,7H2,1-2H3,(H,17,18)(H,19,20). The van der Waals surface area contributed by atoms with Gasteiger partial charge in [0.2, 0.25) is 0 Å². The van der Waals surface area contributed by atoms with Crippen LogP contribution in [0.3, 0.4) is 0 Å². The molecule has 2 rings (SSSR count). The Kier molecular flexibility index (Phi) is 5.22. The average Bonchev–Trinajstić information content (AvgIpc) is 2.93. The molecule has 21 heavy (non-hydrogen) atoms. The minimum Gasteiger partial charge on any atom is -0.469 e. The number of pyridine rings is 1. The van der Waals surface area contributed by atoms with Crippen molar-refractivity contribution in [1.82, 2.24) is 10.3 Å². The van der Waals surface area contributed by atoms with Crippen molar-refractivity contribution in [3.63, 3.8) is 0 Å². The van der Waals surface area contributed by atoms with Crippen LogP contribution in [0.1, 0.15) is 30.0 Å². The minimum atomic E-state index is -0.202. The molecular formula is C15H18ClN3O2. The zero-order chi connectivity index (χ0) is 15.2. The molecule has 0 radical (unpaired) electrons. The first-order valence-electron chi connectivity index (χ1n) is 6.82. The molecule has 0 saturated carbocycles. The van der Waals surface area contributed by atoms with Gasteiger partial charge in [-0.1, -0.05) is 11.6 Å². The maximum Gasteiger partial charge on any atom is 0.253 e. The first-order chi connectivity index (χ1) is 10.1. The van der Waals surface area contributed by atoms with Crippen LogP contribution in [0.2, 0.25) is 5.02 Å². The van der Waals surface area contributed by atoms with Crippen LogP contribution in [0.5, 0.6) is 0 Å². The predicted octanol–water partition coefficient (Wildman–Crippen LogP) is 3.12. The number of aromatic nitrogens is 1. The molecule has 2 aromatic rings.